The molecule has 1 aliphatic heterocycles. The third-order valence-corrected chi connectivity index (χ3v) is 6.22. The number of halogens is 1. The molecule has 1 aliphatic rings. The molecular weight excluding hydrogens is 320 g/mol. The van der Waals surface area contributed by atoms with E-state index in [1.54, 1.807) is 25.1 Å². The minimum atomic E-state index is -3.64. The Bertz CT molecular complexity index is 806. The van der Waals surface area contributed by atoms with E-state index >= 15 is 0 Å². The van der Waals surface area contributed by atoms with Crippen LogP contribution in [0.25, 0.3) is 0 Å². The summed E-state index contributed by atoms with van der Waals surface area (Å²) >= 11 is 6.10. The smallest absolute Gasteiger partial charge is 0.264 e. The van der Waals surface area contributed by atoms with Gasteiger partial charge in [-0.3, -0.25) is 4.31 Å². The molecule has 0 unspecified atom stereocenters. The van der Waals surface area contributed by atoms with Crippen molar-refractivity contribution in [2.75, 3.05) is 17.4 Å². The summed E-state index contributed by atoms with van der Waals surface area (Å²) in [5, 5.41) is 3.71. The molecule has 1 N–H and O–H groups in total. The van der Waals surface area contributed by atoms with Gasteiger partial charge in [0.1, 0.15) is 0 Å². The first-order valence-corrected chi connectivity index (χ1v) is 8.90. The van der Waals surface area contributed by atoms with Crippen molar-refractivity contribution in [3.63, 3.8) is 0 Å². The molecule has 0 bridgehead atoms. The molecule has 0 spiro atoms. The second-order valence-electron chi connectivity index (χ2n) is 5.25. The maximum absolute atomic E-state index is 13.1. The lowest BCUT2D eigenvalue weighted by molar-refractivity contribution is 0.589. The van der Waals surface area contributed by atoms with E-state index in [-0.39, 0.29) is 4.90 Å². The summed E-state index contributed by atoms with van der Waals surface area (Å²) in [7, 11) is -3.64. The summed E-state index contributed by atoms with van der Waals surface area (Å²) in [4.78, 5) is 0.261. The van der Waals surface area contributed by atoms with Crippen LogP contribution >= 0.6 is 11.6 Å². The number of nitrogens with one attached hydrogen (secondary N) is 1. The Kier molecular flexibility index (Phi) is 4.12. The number of sulfonamides is 1. The molecule has 0 saturated carbocycles. The van der Waals surface area contributed by atoms with E-state index in [9.17, 15) is 8.42 Å². The predicted molar refractivity (Wildman–Crippen MR) is 88.9 cm³/mol. The van der Waals surface area contributed by atoms with Gasteiger partial charge in [-0.25, -0.2) is 8.42 Å². The van der Waals surface area contributed by atoms with Gasteiger partial charge in [-0.05, 0) is 36.2 Å². The lowest BCUT2D eigenvalue weighted by Crippen LogP contribution is -2.35. The van der Waals surface area contributed by atoms with Crippen LogP contribution in [0.15, 0.2) is 47.4 Å². The molecule has 0 atom stereocenters. The van der Waals surface area contributed by atoms with Crippen LogP contribution in [0.1, 0.15) is 11.1 Å². The topological polar surface area (TPSA) is 49.4 Å². The fourth-order valence-electron chi connectivity index (χ4n) is 2.66. The summed E-state index contributed by atoms with van der Waals surface area (Å²) in [5.41, 5.74) is 2.29. The van der Waals surface area contributed by atoms with Crippen LogP contribution < -0.4 is 9.62 Å². The minimum Gasteiger partial charge on any atom is -0.311 e. The zero-order valence-corrected chi connectivity index (χ0v) is 13.8. The van der Waals surface area contributed by atoms with Gasteiger partial charge in [-0.2, -0.15) is 0 Å². The van der Waals surface area contributed by atoms with Crippen molar-refractivity contribution in [3.8, 4) is 0 Å². The van der Waals surface area contributed by atoms with E-state index < -0.39 is 10.0 Å². The van der Waals surface area contributed by atoms with Gasteiger partial charge in [0.2, 0.25) is 0 Å². The summed E-state index contributed by atoms with van der Waals surface area (Å²) in [6.45, 7) is 3.40. The SMILES string of the molecule is Cc1c(Cl)cccc1S(=O)(=O)N1CCNCc2ccccc21. The van der Waals surface area contributed by atoms with Gasteiger partial charge in [0.25, 0.3) is 10.0 Å². The first kappa shape index (κ1) is 15.3. The Morgan fingerprint density at radius 3 is 2.73 bits per heavy atom. The van der Waals surface area contributed by atoms with Crippen LogP contribution in [-0.4, -0.2) is 21.5 Å². The molecule has 0 radical (unpaired) electrons. The third kappa shape index (κ3) is 2.60. The van der Waals surface area contributed by atoms with Crippen LogP contribution in [-0.2, 0) is 16.6 Å². The minimum absolute atomic E-state index is 0.261. The number of para-hydroxylation sites is 1. The molecule has 116 valence electrons. The highest BCUT2D eigenvalue weighted by atomic mass is 35.5. The van der Waals surface area contributed by atoms with Gasteiger partial charge in [0.15, 0.2) is 0 Å². The first-order valence-electron chi connectivity index (χ1n) is 7.08. The highest BCUT2D eigenvalue weighted by Crippen LogP contribution is 2.31. The van der Waals surface area contributed by atoms with Gasteiger partial charge in [-0.15, -0.1) is 0 Å². The van der Waals surface area contributed by atoms with Gasteiger partial charge >= 0.3 is 0 Å². The molecule has 0 aliphatic carbocycles. The van der Waals surface area contributed by atoms with Crippen LogP contribution in [0.2, 0.25) is 5.02 Å². The molecule has 0 aromatic heterocycles. The zero-order chi connectivity index (χ0) is 15.7. The van der Waals surface area contributed by atoms with Crippen molar-refractivity contribution in [2.24, 2.45) is 0 Å². The van der Waals surface area contributed by atoms with E-state index in [2.05, 4.69) is 5.32 Å². The van der Waals surface area contributed by atoms with Gasteiger partial charge < -0.3 is 5.32 Å². The summed E-state index contributed by atoms with van der Waals surface area (Å²) in [6.07, 6.45) is 0. The van der Waals surface area contributed by atoms with Gasteiger partial charge in [0.05, 0.1) is 10.6 Å². The van der Waals surface area contributed by atoms with Gasteiger partial charge in [0, 0.05) is 24.7 Å². The highest BCUT2D eigenvalue weighted by molar-refractivity contribution is 7.92. The summed E-state index contributed by atoms with van der Waals surface area (Å²) in [6, 6.07) is 12.6. The highest BCUT2D eigenvalue weighted by Gasteiger charge is 2.29. The van der Waals surface area contributed by atoms with E-state index in [0.717, 1.165) is 11.3 Å². The first-order chi connectivity index (χ1) is 10.5. The van der Waals surface area contributed by atoms with Crippen molar-refractivity contribution >= 4 is 27.3 Å². The maximum atomic E-state index is 13.1. The van der Waals surface area contributed by atoms with E-state index in [4.69, 9.17) is 11.6 Å². The lowest BCUT2D eigenvalue weighted by atomic mass is 10.2. The van der Waals surface area contributed by atoms with E-state index in [1.165, 1.54) is 4.31 Å². The average Bonchev–Trinajstić information content (AvgIpc) is 2.72. The Balaban J connectivity index is 2.15. The Morgan fingerprint density at radius 2 is 1.91 bits per heavy atom. The van der Waals surface area contributed by atoms with Crippen molar-refractivity contribution in [1.29, 1.82) is 0 Å². The van der Waals surface area contributed by atoms with Crippen molar-refractivity contribution in [1.82, 2.24) is 5.32 Å². The summed E-state index contributed by atoms with van der Waals surface area (Å²) in [5.74, 6) is 0. The molecule has 0 saturated heterocycles. The third-order valence-electron chi connectivity index (χ3n) is 3.85. The zero-order valence-electron chi connectivity index (χ0n) is 12.2. The predicted octanol–water partition coefficient (Wildman–Crippen LogP) is 2.95. The number of rotatable bonds is 2. The Morgan fingerprint density at radius 1 is 1.14 bits per heavy atom. The second kappa shape index (κ2) is 5.91. The van der Waals surface area contributed by atoms with E-state index in [1.807, 2.05) is 24.3 Å². The van der Waals surface area contributed by atoms with Crippen LogP contribution in [0.4, 0.5) is 5.69 Å². The normalized spacial score (nSPS) is 15.3. The average molecular weight is 337 g/mol. The number of fused-ring (bicyclic) bond motifs is 1. The van der Waals surface area contributed by atoms with Crippen LogP contribution in [0.3, 0.4) is 0 Å². The number of nitrogens with zero attached hydrogens (tertiary/aromatic N) is 1. The molecule has 2 aromatic carbocycles. The van der Waals surface area contributed by atoms with Crippen LogP contribution in [0.5, 0.6) is 0 Å². The maximum Gasteiger partial charge on any atom is 0.264 e. The van der Waals surface area contributed by atoms with Crippen molar-refractivity contribution in [2.45, 2.75) is 18.4 Å². The fraction of sp³-hybridized carbons (Fsp3) is 0.250. The molecule has 4 nitrogen and oxygen atoms in total. The standard InChI is InChI=1S/C16H17ClN2O2S/c1-12-14(17)6-4-8-16(12)22(20,21)19-10-9-18-11-13-5-2-3-7-15(13)19/h2-8,18H,9-11H2,1H3. The number of benzene rings is 2. The molecule has 0 fully saturated rings. The fourth-order valence-corrected chi connectivity index (χ4v) is 4.65. The molecular formula is C16H17ClN2O2S. The molecule has 0 amide bonds. The number of hydrogen-bond acceptors (Lipinski definition) is 3. The number of anilines is 1. The molecule has 22 heavy (non-hydrogen) atoms. The Hall–Kier alpha value is -1.56. The Labute approximate surface area is 135 Å². The lowest BCUT2D eigenvalue weighted by Gasteiger charge is -2.25. The molecule has 1 heterocycles. The molecule has 3 rings (SSSR count). The number of hydrogen-bond donors (Lipinski definition) is 1. The van der Waals surface area contributed by atoms with E-state index in [0.29, 0.717) is 30.2 Å². The second-order valence-corrected chi connectivity index (χ2v) is 7.48. The van der Waals surface area contributed by atoms with Crippen LogP contribution in [0, 0.1) is 6.92 Å². The monoisotopic (exact) mass is 336 g/mol. The largest absolute Gasteiger partial charge is 0.311 e. The van der Waals surface area contributed by atoms with Gasteiger partial charge in [-0.1, -0.05) is 35.9 Å². The quantitative estimate of drug-likeness (QED) is 0.917. The molecule has 6 heteroatoms. The summed E-state index contributed by atoms with van der Waals surface area (Å²) < 4.78 is 27.7. The molecule has 2 aromatic rings. The van der Waals surface area contributed by atoms with Crippen molar-refractivity contribution in [3.05, 3.63) is 58.6 Å². The van der Waals surface area contributed by atoms with Crippen molar-refractivity contribution < 1.29 is 8.42 Å².